The lowest BCUT2D eigenvalue weighted by molar-refractivity contribution is 0.641. The summed E-state index contributed by atoms with van der Waals surface area (Å²) in [7, 11) is 0. The molecule has 0 heterocycles. The van der Waals surface area contributed by atoms with E-state index >= 15 is 0 Å². The van der Waals surface area contributed by atoms with Gasteiger partial charge < -0.3 is 0 Å². The van der Waals surface area contributed by atoms with Crippen LogP contribution in [-0.2, 0) is 0 Å². The van der Waals surface area contributed by atoms with E-state index in [1.54, 1.807) is 0 Å². The van der Waals surface area contributed by atoms with Crippen LogP contribution in [0.4, 0.5) is 0 Å². The van der Waals surface area contributed by atoms with Crippen molar-refractivity contribution in [1.82, 2.24) is 5.43 Å². The Hall–Kier alpha value is -1.58. The minimum atomic E-state index is -0.266. The summed E-state index contributed by atoms with van der Waals surface area (Å²) in [6, 6.07) is 19.5. The average Bonchev–Trinajstić information content (AvgIpc) is 2.51. The van der Waals surface area contributed by atoms with Crippen molar-refractivity contribution in [1.29, 1.82) is 0 Å². The molecule has 0 aliphatic rings. The lowest BCUT2D eigenvalue weighted by Gasteiger charge is -2.21. The monoisotopic (exact) mass is 316 g/mol. The maximum atomic E-state index is 6.32. The Morgan fingerprint density at radius 2 is 1.43 bits per heavy atom. The van der Waals surface area contributed by atoms with E-state index in [0.29, 0.717) is 10.0 Å². The molecule has 3 aromatic rings. The van der Waals surface area contributed by atoms with E-state index < -0.39 is 0 Å². The van der Waals surface area contributed by atoms with E-state index in [1.807, 2.05) is 42.5 Å². The van der Waals surface area contributed by atoms with Crippen LogP contribution >= 0.6 is 23.2 Å². The molecule has 0 aromatic heterocycles. The second kappa shape index (κ2) is 6.04. The first-order valence-corrected chi connectivity index (χ1v) is 7.35. The van der Waals surface area contributed by atoms with Gasteiger partial charge in [-0.05, 0) is 28.5 Å². The van der Waals surface area contributed by atoms with Crippen LogP contribution in [0.15, 0.2) is 60.7 Å². The van der Waals surface area contributed by atoms with Crippen LogP contribution in [0.1, 0.15) is 17.2 Å². The maximum absolute atomic E-state index is 6.32. The molecule has 0 aliphatic carbocycles. The van der Waals surface area contributed by atoms with E-state index in [9.17, 15) is 0 Å². The van der Waals surface area contributed by atoms with Gasteiger partial charge in [-0.1, -0.05) is 71.7 Å². The molecule has 0 radical (unpaired) electrons. The SMILES string of the molecule is NNC(c1c(Cl)cccc1Cl)c1cccc2ccccc12. The standard InChI is InChI=1S/C17H14Cl2N2/c18-14-9-4-10-15(19)16(14)17(21-20)13-8-3-6-11-5-1-2-7-12(11)13/h1-10,17,21H,20H2. The van der Waals surface area contributed by atoms with Gasteiger partial charge in [0.1, 0.15) is 0 Å². The average molecular weight is 317 g/mol. The Kier molecular flexibility index (Phi) is 4.13. The first-order valence-electron chi connectivity index (χ1n) is 6.60. The van der Waals surface area contributed by atoms with Crippen molar-refractivity contribution >= 4 is 34.0 Å². The minimum absolute atomic E-state index is 0.266. The van der Waals surface area contributed by atoms with Gasteiger partial charge in [0.05, 0.1) is 6.04 Å². The Morgan fingerprint density at radius 1 is 0.810 bits per heavy atom. The molecule has 1 atom stereocenters. The van der Waals surface area contributed by atoms with Crippen molar-refractivity contribution in [2.24, 2.45) is 5.84 Å². The fraction of sp³-hybridized carbons (Fsp3) is 0.0588. The molecule has 0 saturated heterocycles. The largest absolute Gasteiger partial charge is 0.271 e. The summed E-state index contributed by atoms with van der Waals surface area (Å²) in [5.41, 5.74) is 4.68. The van der Waals surface area contributed by atoms with Gasteiger partial charge >= 0.3 is 0 Å². The van der Waals surface area contributed by atoms with E-state index in [2.05, 4.69) is 23.6 Å². The summed E-state index contributed by atoms with van der Waals surface area (Å²) < 4.78 is 0. The van der Waals surface area contributed by atoms with Crippen LogP contribution in [0.3, 0.4) is 0 Å². The second-order valence-electron chi connectivity index (χ2n) is 4.80. The Bertz CT molecular complexity index is 761. The number of benzene rings is 3. The minimum Gasteiger partial charge on any atom is -0.271 e. The third kappa shape index (κ3) is 2.63. The van der Waals surface area contributed by atoms with Crippen molar-refractivity contribution < 1.29 is 0 Å². The summed E-state index contributed by atoms with van der Waals surface area (Å²) in [6.45, 7) is 0. The highest BCUT2D eigenvalue weighted by atomic mass is 35.5. The van der Waals surface area contributed by atoms with Gasteiger partial charge in [0.15, 0.2) is 0 Å². The number of hydrazine groups is 1. The maximum Gasteiger partial charge on any atom is 0.0745 e. The molecule has 21 heavy (non-hydrogen) atoms. The smallest absolute Gasteiger partial charge is 0.0745 e. The molecule has 3 N–H and O–H groups in total. The fourth-order valence-electron chi connectivity index (χ4n) is 2.62. The Labute approximate surface area is 133 Å². The zero-order chi connectivity index (χ0) is 14.8. The topological polar surface area (TPSA) is 38.0 Å². The second-order valence-corrected chi connectivity index (χ2v) is 5.62. The molecule has 2 nitrogen and oxygen atoms in total. The molecule has 3 rings (SSSR count). The molecule has 4 heteroatoms. The van der Waals surface area contributed by atoms with Crippen molar-refractivity contribution in [3.8, 4) is 0 Å². The molecular formula is C17H14Cl2N2. The number of hydrogen-bond acceptors (Lipinski definition) is 2. The van der Waals surface area contributed by atoms with Gasteiger partial charge in [-0.15, -0.1) is 0 Å². The number of nitrogens with two attached hydrogens (primary N) is 1. The number of fused-ring (bicyclic) bond motifs is 1. The molecule has 0 saturated carbocycles. The summed E-state index contributed by atoms with van der Waals surface area (Å²) in [5, 5.41) is 3.47. The Balaban J connectivity index is 2.24. The fourth-order valence-corrected chi connectivity index (χ4v) is 3.23. The highest BCUT2D eigenvalue weighted by molar-refractivity contribution is 6.36. The van der Waals surface area contributed by atoms with Crippen LogP contribution in [0.25, 0.3) is 10.8 Å². The van der Waals surface area contributed by atoms with Crippen LogP contribution in [0, 0.1) is 0 Å². The van der Waals surface area contributed by atoms with E-state index in [-0.39, 0.29) is 6.04 Å². The molecule has 0 aliphatic heterocycles. The van der Waals surface area contributed by atoms with Gasteiger partial charge in [-0.25, -0.2) is 5.43 Å². The molecule has 0 bridgehead atoms. The van der Waals surface area contributed by atoms with Gasteiger partial charge in [0, 0.05) is 15.6 Å². The van der Waals surface area contributed by atoms with Crippen molar-refractivity contribution in [2.75, 3.05) is 0 Å². The molecule has 0 amide bonds. The van der Waals surface area contributed by atoms with Crippen LogP contribution in [0.2, 0.25) is 10.0 Å². The predicted molar refractivity (Wildman–Crippen MR) is 89.6 cm³/mol. The molecule has 3 aromatic carbocycles. The number of rotatable bonds is 3. The van der Waals surface area contributed by atoms with Gasteiger partial charge in [-0.3, -0.25) is 5.84 Å². The molecule has 1 unspecified atom stereocenters. The van der Waals surface area contributed by atoms with Crippen LogP contribution < -0.4 is 11.3 Å². The first-order chi connectivity index (χ1) is 10.2. The zero-order valence-corrected chi connectivity index (χ0v) is 12.7. The summed E-state index contributed by atoms with van der Waals surface area (Å²) in [6.07, 6.45) is 0. The van der Waals surface area contributed by atoms with E-state index in [0.717, 1.165) is 21.9 Å². The van der Waals surface area contributed by atoms with Crippen molar-refractivity contribution in [3.63, 3.8) is 0 Å². The van der Waals surface area contributed by atoms with Crippen LogP contribution in [-0.4, -0.2) is 0 Å². The summed E-state index contributed by atoms with van der Waals surface area (Å²) >= 11 is 12.6. The molecule has 0 spiro atoms. The number of halogens is 2. The number of nitrogens with one attached hydrogen (secondary N) is 1. The molecule has 106 valence electrons. The Morgan fingerprint density at radius 3 is 2.14 bits per heavy atom. The van der Waals surface area contributed by atoms with Crippen LogP contribution in [0.5, 0.6) is 0 Å². The lowest BCUT2D eigenvalue weighted by atomic mass is 9.94. The summed E-state index contributed by atoms with van der Waals surface area (Å²) in [5.74, 6) is 5.80. The summed E-state index contributed by atoms with van der Waals surface area (Å²) in [4.78, 5) is 0. The van der Waals surface area contributed by atoms with Crippen molar-refractivity contribution in [3.05, 3.63) is 81.8 Å². The first kappa shape index (κ1) is 14.4. The highest BCUT2D eigenvalue weighted by Gasteiger charge is 2.20. The third-order valence-corrected chi connectivity index (χ3v) is 4.25. The van der Waals surface area contributed by atoms with E-state index in [4.69, 9.17) is 29.0 Å². The third-order valence-electron chi connectivity index (χ3n) is 3.59. The number of hydrogen-bond donors (Lipinski definition) is 2. The van der Waals surface area contributed by atoms with E-state index in [1.165, 1.54) is 0 Å². The van der Waals surface area contributed by atoms with Gasteiger partial charge in [0.25, 0.3) is 0 Å². The zero-order valence-electron chi connectivity index (χ0n) is 11.2. The van der Waals surface area contributed by atoms with Gasteiger partial charge in [0.2, 0.25) is 0 Å². The normalized spacial score (nSPS) is 12.5. The highest BCUT2D eigenvalue weighted by Crippen LogP contribution is 2.36. The predicted octanol–water partition coefficient (Wildman–Crippen LogP) is 4.70. The quantitative estimate of drug-likeness (QED) is 0.543. The molecule has 0 fully saturated rings. The van der Waals surface area contributed by atoms with Crippen molar-refractivity contribution in [2.45, 2.75) is 6.04 Å². The van der Waals surface area contributed by atoms with Gasteiger partial charge in [-0.2, -0.15) is 0 Å². The molecular weight excluding hydrogens is 303 g/mol. The lowest BCUT2D eigenvalue weighted by Crippen LogP contribution is -2.29.